The first-order chi connectivity index (χ1) is 14.4. The van der Waals surface area contributed by atoms with Gasteiger partial charge in [-0.1, -0.05) is 62.2 Å². The van der Waals surface area contributed by atoms with E-state index >= 15 is 8.78 Å². The van der Waals surface area contributed by atoms with Gasteiger partial charge in [0.2, 0.25) is 0 Å². The zero-order valence-electron chi connectivity index (χ0n) is 17.3. The predicted octanol–water partition coefficient (Wildman–Crippen LogP) is 6.82. The molecule has 2 aromatic rings. The van der Waals surface area contributed by atoms with Gasteiger partial charge in [0.25, 0.3) is 0 Å². The van der Waals surface area contributed by atoms with Crippen molar-refractivity contribution in [2.75, 3.05) is 6.54 Å². The van der Waals surface area contributed by atoms with Crippen LogP contribution in [-0.2, 0) is 5.41 Å². The molecule has 0 aliphatic carbocycles. The summed E-state index contributed by atoms with van der Waals surface area (Å²) in [6.07, 6.45) is -0.916. The molecule has 0 saturated carbocycles. The molecule has 2 aromatic carbocycles. The summed E-state index contributed by atoms with van der Waals surface area (Å²) in [5.74, 6) is -2.17. The van der Waals surface area contributed by atoms with Crippen LogP contribution < -0.4 is 0 Å². The minimum atomic E-state index is -1.69. The maximum Gasteiger partial charge on any atom is 0.407 e. The van der Waals surface area contributed by atoms with Gasteiger partial charge in [-0.05, 0) is 30.0 Å². The number of amides is 1. The molecule has 4 nitrogen and oxygen atoms in total. The number of benzene rings is 2. The minimum absolute atomic E-state index is 0.0122. The molecule has 1 aliphatic rings. The number of hydrogen-bond acceptors (Lipinski definition) is 2. The van der Waals surface area contributed by atoms with Crippen LogP contribution in [0.15, 0.2) is 36.4 Å². The first-order valence-electron chi connectivity index (χ1n) is 9.72. The fraction of sp³-hybridized carbons (Fsp3) is 0.391. The first kappa shape index (κ1) is 23.3. The fourth-order valence-corrected chi connectivity index (χ4v) is 5.00. The molecule has 1 fully saturated rings. The number of carbonyl (C=O) groups is 1. The van der Waals surface area contributed by atoms with Gasteiger partial charge in [-0.25, -0.2) is 13.6 Å². The van der Waals surface area contributed by atoms with Gasteiger partial charge in [-0.15, -0.1) is 0 Å². The van der Waals surface area contributed by atoms with Crippen LogP contribution in [0, 0.1) is 34.3 Å². The normalized spacial score (nSPS) is 23.6. The molecule has 0 unspecified atom stereocenters. The molecule has 0 spiro atoms. The van der Waals surface area contributed by atoms with E-state index in [0.717, 1.165) is 11.0 Å². The molecule has 1 aliphatic heterocycles. The number of carboxylic acid groups (broad SMARTS) is 1. The summed E-state index contributed by atoms with van der Waals surface area (Å²) in [6, 6.07) is 9.04. The van der Waals surface area contributed by atoms with Gasteiger partial charge in [0.05, 0.1) is 17.1 Å². The van der Waals surface area contributed by atoms with E-state index < -0.39 is 35.1 Å². The predicted molar refractivity (Wildman–Crippen MR) is 115 cm³/mol. The molecule has 0 aromatic heterocycles. The van der Waals surface area contributed by atoms with Crippen LogP contribution in [0.4, 0.5) is 13.6 Å². The maximum atomic E-state index is 15.2. The Morgan fingerprint density at radius 3 is 2.52 bits per heavy atom. The molecule has 1 amide bonds. The van der Waals surface area contributed by atoms with Crippen LogP contribution in [0.3, 0.4) is 0 Å². The number of nitriles is 1. The molecule has 3 rings (SSSR count). The molecular weight excluding hydrogens is 445 g/mol. The van der Waals surface area contributed by atoms with Crippen molar-refractivity contribution in [2.45, 2.75) is 38.6 Å². The van der Waals surface area contributed by atoms with E-state index in [-0.39, 0.29) is 33.1 Å². The third-order valence-electron chi connectivity index (χ3n) is 5.75. The number of hydrogen-bond donors (Lipinski definition) is 1. The highest BCUT2D eigenvalue weighted by Crippen LogP contribution is 2.56. The lowest BCUT2D eigenvalue weighted by Gasteiger charge is -2.37. The Balaban J connectivity index is 2.38. The van der Waals surface area contributed by atoms with E-state index in [1.807, 2.05) is 20.8 Å². The SMILES string of the molecule is CC(C)(C)C[C@@H]1CN(C(=O)O)[C@H](c2cccc(Cl)c2F)[C@]1(C#N)c1ccc(Cl)cc1F. The van der Waals surface area contributed by atoms with E-state index in [1.165, 1.54) is 30.3 Å². The van der Waals surface area contributed by atoms with Crippen molar-refractivity contribution in [3.8, 4) is 6.07 Å². The van der Waals surface area contributed by atoms with Crippen molar-refractivity contribution < 1.29 is 18.7 Å². The van der Waals surface area contributed by atoms with Crippen molar-refractivity contribution in [3.63, 3.8) is 0 Å². The molecule has 1 heterocycles. The summed E-state index contributed by atoms with van der Waals surface area (Å²) < 4.78 is 30.4. The van der Waals surface area contributed by atoms with Gasteiger partial charge in [0, 0.05) is 28.6 Å². The van der Waals surface area contributed by atoms with Gasteiger partial charge in [-0.3, -0.25) is 4.90 Å². The average molecular weight is 467 g/mol. The van der Waals surface area contributed by atoms with E-state index in [0.29, 0.717) is 6.42 Å². The van der Waals surface area contributed by atoms with Gasteiger partial charge in [0.1, 0.15) is 17.0 Å². The van der Waals surface area contributed by atoms with Gasteiger partial charge >= 0.3 is 6.09 Å². The summed E-state index contributed by atoms with van der Waals surface area (Å²) in [4.78, 5) is 13.2. The molecule has 3 atom stereocenters. The van der Waals surface area contributed by atoms with Crippen molar-refractivity contribution in [2.24, 2.45) is 11.3 Å². The molecule has 164 valence electrons. The topological polar surface area (TPSA) is 64.3 Å². The summed E-state index contributed by atoms with van der Waals surface area (Å²) >= 11 is 11.9. The lowest BCUT2D eigenvalue weighted by atomic mass is 9.63. The minimum Gasteiger partial charge on any atom is -0.465 e. The average Bonchev–Trinajstić information content (AvgIpc) is 2.97. The standard InChI is InChI=1S/C23H22Cl2F2N2O2/c1-22(2,3)10-13-11-29(21(30)31)20(15-5-4-6-17(25)19(15)27)23(13,12-28)16-8-7-14(24)9-18(16)26/h4-9,13,20H,10-11H2,1-3H3,(H,30,31)/t13-,20-,23+/m1/s1. The van der Waals surface area contributed by atoms with Crippen molar-refractivity contribution in [1.82, 2.24) is 4.90 Å². The highest BCUT2D eigenvalue weighted by Gasteiger charge is 2.60. The Bertz CT molecular complexity index is 1060. The van der Waals surface area contributed by atoms with Gasteiger partial charge in [0.15, 0.2) is 0 Å². The second kappa shape index (κ2) is 8.29. The first-order valence-corrected chi connectivity index (χ1v) is 10.5. The summed E-state index contributed by atoms with van der Waals surface area (Å²) in [5.41, 5.74) is -2.07. The third kappa shape index (κ3) is 4.09. The van der Waals surface area contributed by atoms with E-state index in [1.54, 1.807) is 0 Å². The third-order valence-corrected chi connectivity index (χ3v) is 6.27. The van der Waals surface area contributed by atoms with Crippen LogP contribution in [0.5, 0.6) is 0 Å². The summed E-state index contributed by atoms with van der Waals surface area (Å²) in [7, 11) is 0. The van der Waals surface area contributed by atoms with Crippen molar-refractivity contribution in [3.05, 3.63) is 69.2 Å². The zero-order chi connectivity index (χ0) is 23.1. The lowest BCUT2D eigenvalue weighted by Crippen LogP contribution is -2.40. The highest BCUT2D eigenvalue weighted by molar-refractivity contribution is 6.31. The largest absolute Gasteiger partial charge is 0.465 e. The van der Waals surface area contributed by atoms with E-state index in [2.05, 4.69) is 6.07 Å². The Hall–Kier alpha value is -2.36. The molecule has 1 saturated heterocycles. The smallest absolute Gasteiger partial charge is 0.407 e. The Kier molecular flexibility index (Phi) is 6.23. The quantitative estimate of drug-likeness (QED) is 0.539. The molecule has 1 N–H and O–H groups in total. The van der Waals surface area contributed by atoms with E-state index in [4.69, 9.17) is 23.2 Å². The fourth-order valence-electron chi connectivity index (χ4n) is 4.66. The van der Waals surface area contributed by atoms with Crippen LogP contribution in [0.2, 0.25) is 10.0 Å². The van der Waals surface area contributed by atoms with Crippen LogP contribution in [0.25, 0.3) is 0 Å². The molecule has 0 radical (unpaired) electrons. The molecule has 31 heavy (non-hydrogen) atoms. The van der Waals surface area contributed by atoms with Gasteiger partial charge in [-0.2, -0.15) is 5.26 Å². The monoisotopic (exact) mass is 466 g/mol. The van der Waals surface area contributed by atoms with Crippen LogP contribution in [-0.4, -0.2) is 22.6 Å². The zero-order valence-corrected chi connectivity index (χ0v) is 18.8. The van der Waals surface area contributed by atoms with Crippen LogP contribution >= 0.6 is 23.2 Å². The van der Waals surface area contributed by atoms with Gasteiger partial charge < -0.3 is 5.11 Å². The maximum absolute atomic E-state index is 15.2. The Morgan fingerprint density at radius 2 is 1.97 bits per heavy atom. The Labute approximate surface area is 190 Å². The van der Waals surface area contributed by atoms with Crippen LogP contribution in [0.1, 0.15) is 44.4 Å². The molecular formula is C23H22Cl2F2N2O2. The number of rotatable bonds is 3. The van der Waals surface area contributed by atoms with Crippen molar-refractivity contribution >= 4 is 29.3 Å². The van der Waals surface area contributed by atoms with E-state index in [9.17, 15) is 15.2 Å². The highest BCUT2D eigenvalue weighted by atomic mass is 35.5. The summed E-state index contributed by atoms with van der Waals surface area (Å²) in [6.45, 7) is 5.79. The van der Waals surface area contributed by atoms with Crippen molar-refractivity contribution in [1.29, 1.82) is 5.26 Å². The summed E-state index contributed by atoms with van der Waals surface area (Å²) in [5, 5.41) is 20.4. The number of halogens is 4. The Morgan fingerprint density at radius 1 is 1.29 bits per heavy atom. The number of likely N-dealkylation sites (tertiary alicyclic amines) is 1. The molecule has 0 bridgehead atoms. The second-order valence-corrected chi connectivity index (χ2v) is 9.89. The lowest BCUT2D eigenvalue weighted by molar-refractivity contribution is 0.133. The molecule has 8 heteroatoms. The number of nitrogens with zero attached hydrogens (tertiary/aromatic N) is 2. The second-order valence-electron chi connectivity index (χ2n) is 9.05.